The third-order valence-corrected chi connectivity index (χ3v) is 2.90. The number of hydrogen-bond acceptors (Lipinski definition) is 2. The molecule has 1 fully saturated rings. The molecule has 0 amide bonds. The summed E-state index contributed by atoms with van der Waals surface area (Å²) in [5.74, 6) is -4.54. The highest BCUT2D eigenvalue weighted by molar-refractivity contribution is 5.87. The second-order valence-corrected chi connectivity index (χ2v) is 4.17. The van der Waals surface area contributed by atoms with Gasteiger partial charge >= 0.3 is 5.97 Å². The number of carboxylic acids is 1. The van der Waals surface area contributed by atoms with Gasteiger partial charge in [-0.15, -0.1) is 0 Å². The van der Waals surface area contributed by atoms with Crippen molar-refractivity contribution in [2.45, 2.75) is 18.3 Å². The van der Waals surface area contributed by atoms with Crippen LogP contribution < -0.4 is 0 Å². The van der Waals surface area contributed by atoms with E-state index in [0.717, 1.165) is 0 Å². The lowest BCUT2D eigenvalue weighted by molar-refractivity contribution is 0.0696. The fraction of sp³-hybridized carbons (Fsp3) is 0.273. The lowest BCUT2D eigenvalue weighted by atomic mass is 10.3. The van der Waals surface area contributed by atoms with Crippen molar-refractivity contribution < 1.29 is 18.7 Å². The van der Waals surface area contributed by atoms with Crippen LogP contribution >= 0.6 is 0 Å². The second kappa shape index (κ2) is 3.03. The first-order valence-corrected chi connectivity index (χ1v) is 5.07. The predicted octanol–water partition coefficient (Wildman–Crippen LogP) is 2.16. The van der Waals surface area contributed by atoms with E-state index < -0.39 is 17.8 Å². The van der Waals surface area contributed by atoms with Crippen molar-refractivity contribution in [2.24, 2.45) is 0 Å². The summed E-state index contributed by atoms with van der Waals surface area (Å²) in [6, 6.07) is 2.91. The maximum Gasteiger partial charge on any atom is 0.337 e. The fourth-order valence-electron chi connectivity index (χ4n) is 1.84. The highest BCUT2D eigenvalue weighted by atomic mass is 19.3. The molecule has 1 saturated carbocycles. The molecule has 0 radical (unpaired) electrons. The van der Waals surface area contributed by atoms with Crippen LogP contribution in [-0.2, 0) is 0 Å². The van der Waals surface area contributed by atoms with Crippen molar-refractivity contribution in [3.8, 4) is 0 Å². The minimum absolute atomic E-state index is 0.101. The summed E-state index contributed by atoms with van der Waals surface area (Å²) < 4.78 is 27.2. The SMILES string of the molecule is O=C(O)c1ccc2nc([C@H]3CC3(F)F)cn2c1. The van der Waals surface area contributed by atoms with E-state index in [4.69, 9.17) is 5.11 Å². The molecular formula is C11H8F2N2O2. The number of hydrogen-bond donors (Lipinski definition) is 1. The Balaban J connectivity index is 2.05. The van der Waals surface area contributed by atoms with Crippen LogP contribution in [0.4, 0.5) is 8.78 Å². The first-order chi connectivity index (χ1) is 7.97. The predicted molar refractivity (Wildman–Crippen MR) is 54.5 cm³/mol. The molecule has 1 N–H and O–H groups in total. The number of carbonyl (C=O) groups is 1. The van der Waals surface area contributed by atoms with Gasteiger partial charge in [-0.3, -0.25) is 0 Å². The maximum absolute atomic E-state index is 12.9. The zero-order valence-corrected chi connectivity index (χ0v) is 8.60. The van der Waals surface area contributed by atoms with Crippen LogP contribution in [0.15, 0.2) is 24.5 Å². The zero-order valence-electron chi connectivity index (χ0n) is 8.60. The Labute approximate surface area is 94.5 Å². The molecule has 0 unspecified atom stereocenters. The van der Waals surface area contributed by atoms with Crippen LogP contribution in [0.5, 0.6) is 0 Å². The average molecular weight is 238 g/mol. The molecular weight excluding hydrogens is 230 g/mol. The zero-order chi connectivity index (χ0) is 12.2. The van der Waals surface area contributed by atoms with Crippen molar-refractivity contribution in [1.29, 1.82) is 0 Å². The summed E-state index contributed by atoms with van der Waals surface area (Å²) in [6.07, 6.45) is 2.66. The highest BCUT2D eigenvalue weighted by Crippen LogP contribution is 2.55. The van der Waals surface area contributed by atoms with Crippen LogP contribution in [0.2, 0.25) is 0 Å². The number of pyridine rings is 1. The van der Waals surface area contributed by atoms with Crippen molar-refractivity contribution >= 4 is 11.6 Å². The number of carboxylic acid groups (broad SMARTS) is 1. The molecule has 17 heavy (non-hydrogen) atoms. The minimum atomic E-state index is -2.66. The smallest absolute Gasteiger partial charge is 0.337 e. The van der Waals surface area contributed by atoms with E-state index in [0.29, 0.717) is 11.3 Å². The van der Waals surface area contributed by atoms with Gasteiger partial charge in [0.2, 0.25) is 0 Å². The molecule has 0 aromatic carbocycles. The van der Waals surface area contributed by atoms with E-state index in [2.05, 4.69) is 4.98 Å². The van der Waals surface area contributed by atoms with Gasteiger partial charge in [0.05, 0.1) is 17.2 Å². The average Bonchev–Trinajstić information content (AvgIpc) is 2.74. The first kappa shape index (κ1) is 10.2. The molecule has 1 aliphatic rings. The van der Waals surface area contributed by atoms with Crippen molar-refractivity contribution in [3.63, 3.8) is 0 Å². The lowest BCUT2D eigenvalue weighted by Gasteiger charge is -1.95. The standard InChI is InChI=1S/C11H8F2N2O2/c12-11(13)3-7(11)8-5-15-4-6(10(16)17)1-2-9(15)14-8/h1-2,4-5,7H,3H2,(H,16,17)/t7-/m1/s1. The molecule has 3 rings (SSSR count). The number of imidazole rings is 1. The van der Waals surface area contributed by atoms with Crippen LogP contribution in [0.1, 0.15) is 28.4 Å². The Morgan fingerprint density at radius 1 is 1.47 bits per heavy atom. The number of fused-ring (bicyclic) bond motifs is 1. The monoisotopic (exact) mass is 238 g/mol. The van der Waals surface area contributed by atoms with Gasteiger partial charge in [0.25, 0.3) is 5.92 Å². The molecule has 1 aliphatic carbocycles. The minimum Gasteiger partial charge on any atom is -0.478 e. The van der Waals surface area contributed by atoms with Crippen molar-refractivity contribution in [3.05, 3.63) is 35.8 Å². The summed E-state index contributed by atoms with van der Waals surface area (Å²) >= 11 is 0. The molecule has 0 bridgehead atoms. The topological polar surface area (TPSA) is 54.6 Å². The van der Waals surface area contributed by atoms with Gasteiger partial charge in [0.1, 0.15) is 5.65 Å². The Bertz CT molecular complexity index is 621. The van der Waals surface area contributed by atoms with Crippen LogP contribution in [0, 0.1) is 0 Å². The summed E-state index contributed by atoms with van der Waals surface area (Å²) in [5.41, 5.74) is 0.897. The third-order valence-electron chi connectivity index (χ3n) is 2.90. The van der Waals surface area contributed by atoms with Crippen molar-refractivity contribution in [2.75, 3.05) is 0 Å². The van der Waals surface area contributed by atoms with Gasteiger partial charge in [0, 0.05) is 18.8 Å². The Morgan fingerprint density at radius 2 is 2.18 bits per heavy atom. The van der Waals surface area contributed by atoms with Gasteiger partial charge in [-0.05, 0) is 12.1 Å². The van der Waals surface area contributed by atoms with E-state index in [1.165, 1.54) is 28.9 Å². The number of nitrogens with zero attached hydrogens (tertiary/aromatic N) is 2. The molecule has 0 saturated heterocycles. The van der Waals surface area contributed by atoms with Crippen LogP contribution in [-0.4, -0.2) is 26.4 Å². The van der Waals surface area contributed by atoms with Crippen molar-refractivity contribution in [1.82, 2.24) is 9.38 Å². The van der Waals surface area contributed by atoms with Gasteiger partial charge < -0.3 is 9.51 Å². The molecule has 1 atom stereocenters. The summed E-state index contributed by atoms with van der Waals surface area (Å²) in [4.78, 5) is 14.8. The third kappa shape index (κ3) is 1.56. The molecule has 88 valence electrons. The Hall–Kier alpha value is -1.98. The Morgan fingerprint density at radius 3 is 2.76 bits per heavy atom. The number of alkyl halides is 2. The summed E-state index contributed by atoms with van der Waals surface area (Å²) in [5, 5.41) is 8.80. The molecule has 0 spiro atoms. The van der Waals surface area contributed by atoms with E-state index in [1.807, 2.05) is 0 Å². The second-order valence-electron chi connectivity index (χ2n) is 4.17. The number of aromatic carboxylic acids is 1. The number of aromatic nitrogens is 2. The molecule has 4 nitrogen and oxygen atoms in total. The number of rotatable bonds is 2. The lowest BCUT2D eigenvalue weighted by Crippen LogP contribution is -1.97. The normalized spacial score (nSPS) is 21.6. The molecule has 0 aliphatic heterocycles. The summed E-state index contributed by atoms with van der Waals surface area (Å²) in [7, 11) is 0. The molecule has 2 heterocycles. The van der Waals surface area contributed by atoms with Gasteiger partial charge in [-0.2, -0.15) is 0 Å². The molecule has 2 aromatic rings. The fourth-order valence-corrected chi connectivity index (χ4v) is 1.84. The number of halogens is 2. The molecule has 2 aromatic heterocycles. The Kier molecular flexibility index (Phi) is 1.81. The van der Waals surface area contributed by atoms with E-state index in [9.17, 15) is 13.6 Å². The quantitative estimate of drug-likeness (QED) is 0.872. The van der Waals surface area contributed by atoms with Crippen LogP contribution in [0.25, 0.3) is 5.65 Å². The summed E-state index contributed by atoms with van der Waals surface area (Å²) in [6.45, 7) is 0. The van der Waals surface area contributed by atoms with Gasteiger partial charge in [-0.25, -0.2) is 18.6 Å². The maximum atomic E-state index is 12.9. The highest BCUT2D eigenvalue weighted by Gasteiger charge is 2.58. The van der Waals surface area contributed by atoms with Crippen LogP contribution in [0.3, 0.4) is 0 Å². The van der Waals surface area contributed by atoms with Gasteiger partial charge in [-0.1, -0.05) is 0 Å². The largest absolute Gasteiger partial charge is 0.478 e. The molecule has 6 heteroatoms. The van der Waals surface area contributed by atoms with E-state index >= 15 is 0 Å². The van der Waals surface area contributed by atoms with E-state index in [-0.39, 0.29) is 12.0 Å². The first-order valence-electron chi connectivity index (χ1n) is 5.07. The van der Waals surface area contributed by atoms with Gasteiger partial charge in [0.15, 0.2) is 0 Å². The van der Waals surface area contributed by atoms with E-state index in [1.54, 1.807) is 0 Å².